The number of imidazole rings is 1. The van der Waals surface area contributed by atoms with Crippen LogP contribution in [0.1, 0.15) is 66.9 Å². The summed E-state index contributed by atoms with van der Waals surface area (Å²) < 4.78 is 31.5. The average molecular weight is 556 g/mol. The predicted molar refractivity (Wildman–Crippen MR) is 136 cm³/mol. The molecule has 40 heavy (non-hydrogen) atoms. The number of carboxylic acids is 1. The Labute approximate surface area is 228 Å². The minimum Gasteiger partial charge on any atom is -0.480 e. The van der Waals surface area contributed by atoms with E-state index in [4.69, 9.17) is 4.98 Å². The van der Waals surface area contributed by atoms with Gasteiger partial charge < -0.3 is 15.7 Å². The summed E-state index contributed by atoms with van der Waals surface area (Å²) in [6, 6.07) is 4.43. The van der Waals surface area contributed by atoms with Crippen LogP contribution in [-0.4, -0.2) is 59.7 Å². The Morgan fingerprint density at radius 1 is 1.20 bits per heavy atom. The van der Waals surface area contributed by atoms with Crippen molar-refractivity contribution in [3.05, 3.63) is 47.7 Å². The maximum Gasteiger partial charge on any atom is 0.319 e. The van der Waals surface area contributed by atoms with Gasteiger partial charge in [-0.2, -0.15) is 10.2 Å². The van der Waals surface area contributed by atoms with Crippen LogP contribution in [-0.2, 0) is 22.6 Å². The van der Waals surface area contributed by atoms with E-state index in [0.717, 1.165) is 25.7 Å². The first-order valence-electron chi connectivity index (χ1n) is 13.7. The smallest absolute Gasteiger partial charge is 0.319 e. The van der Waals surface area contributed by atoms with Crippen molar-refractivity contribution in [3.8, 4) is 0 Å². The first-order chi connectivity index (χ1) is 19.1. The Hall–Kier alpha value is -3.90. The van der Waals surface area contributed by atoms with Crippen molar-refractivity contribution in [1.82, 2.24) is 35.0 Å². The Morgan fingerprint density at radius 3 is 2.58 bits per heavy atom. The summed E-state index contributed by atoms with van der Waals surface area (Å²) in [7, 11) is 0. The number of rotatable bonds is 10. The lowest BCUT2D eigenvalue weighted by Crippen LogP contribution is -2.59. The lowest BCUT2D eigenvalue weighted by Gasteiger charge is -2.36. The second-order valence-electron chi connectivity index (χ2n) is 11.3. The van der Waals surface area contributed by atoms with Crippen molar-refractivity contribution in [3.63, 3.8) is 0 Å². The van der Waals surface area contributed by atoms with E-state index in [2.05, 4.69) is 15.5 Å². The topological polar surface area (TPSA) is 144 Å². The molecule has 13 heteroatoms. The number of hydrogen-bond acceptors (Lipinski definition) is 6. The second-order valence-corrected chi connectivity index (χ2v) is 11.3. The lowest BCUT2D eigenvalue weighted by atomic mass is 9.74. The molecule has 0 aromatic carbocycles. The van der Waals surface area contributed by atoms with Gasteiger partial charge >= 0.3 is 5.97 Å². The molecule has 2 aliphatic carbocycles. The zero-order chi connectivity index (χ0) is 28.2. The molecule has 3 N–H and O–H groups in total. The van der Waals surface area contributed by atoms with Crippen LogP contribution in [0.15, 0.2) is 30.6 Å². The maximum atomic E-state index is 14.2. The Bertz CT molecular complexity index is 1470. The lowest BCUT2D eigenvalue weighted by molar-refractivity contribution is -0.169. The summed E-state index contributed by atoms with van der Waals surface area (Å²) in [5.41, 5.74) is -0.624. The van der Waals surface area contributed by atoms with Crippen LogP contribution in [0.25, 0.3) is 5.65 Å². The Balaban J connectivity index is 1.33. The second kappa shape index (κ2) is 9.63. The molecular weight excluding hydrogens is 524 g/mol. The minimum atomic E-state index is -3.35. The number of carbonyl (C=O) groups excluding carboxylic acids is 2. The highest BCUT2D eigenvalue weighted by molar-refractivity contribution is 6.03. The van der Waals surface area contributed by atoms with Crippen LogP contribution < -0.4 is 10.6 Å². The average Bonchev–Trinajstić information content (AvgIpc) is 3.84. The summed E-state index contributed by atoms with van der Waals surface area (Å²) in [4.78, 5) is 42.8. The van der Waals surface area contributed by atoms with Gasteiger partial charge in [-0.3, -0.25) is 19.1 Å². The third kappa shape index (κ3) is 4.81. The molecule has 0 bridgehead atoms. The third-order valence-electron chi connectivity index (χ3n) is 8.36. The first-order valence-corrected chi connectivity index (χ1v) is 13.7. The van der Waals surface area contributed by atoms with Gasteiger partial charge in [0.2, 0.25) is 5.91 Å². The van der Waals surface area contributed by atoms with Crippen molar-refractivity contribution < 1.29 is 28.3 Å². The van der Waals surface area contributed by atoms with Gasteiger partial charge in [0.05, 0.1) is 30.2 Å². The van der Waals surface area contributed by atoms with Gasteiger partial charge in [0.15, 0.2) is 11.1 Å². The number of amides is 2. The zero-order valence-corrected chi connectivity index (χ0v) is 22.0. The van der Waals surface area contributed by atoms with Gasteiger partial charge in [-0.05, 0) is 68.6 Å². The molecule has 11 nitrogen and oxygen atoms in total. The van der Waals surface area contributed by atoms with Crippen LogP contribution >= 0.6 is 0 Å². The highest BCUT2D eigenvalue weighted by Crippen LogP contribution is 2.54. The van der Waals surface area contributed by atoms with Gasteiger partial charge in [-0.25, -0.2) is 18.3 Å². The number of carboxylic acid groups (broad SMARTS) is 1. The van der Waals surface area contributed by atoms with E-state index in [-0.39, 0.29) is 23.6 Å². The third-order valence-corrected chi connectivity index (χ3v) is 8.36. The van der Waals surface area contributed by atoms with Crippen molar-refractivity contribution in [2.24, 2.45) is 23.2 Å². The van der Waals surface area contributed by atoms with Crippen molar-refractivity contribution in [2.75, 3.05) is 6.54 Å². The van der Waals surface area contributed by atoms with Gasteiger partial charge in [-0.1, -0.05) is 0 Å². The number of aryl methyl sites for hydroxylation is 1. The molecular formula is C27H31F2N7O4. The van der Waals surface area contributed by atoms with Crippen LogP contribution in [0.3, 0.4) is 0 Å². The molecule has 1 aliphatic heterocycles. The number of alkyl halides is 2. The number of aliphatic carboxylic acids is 1. The van der Waals surface area contributed by atoms with E-state index in [1.165, 1.54) is 10.6 Å². The van der Waals surface area contributed by atoms with Gasteiger partial charge in [0.1, 0.15) is 5.69 Å². The van der Waals surface area contributed by atoms with E-state index >= 15 is 0 Å². The van der Waals surface area contributed by atoms with Crippen LogP contribution in [0.4, 0.5) is 8.78 Å². The standard InChI is InChI=1S/C27H31F2N7O4/c1-2-35-19(9-10-31-35)23(37)33-22(21(15-3-4-15)16-5-6-16)18-12-36-20(32-18)8-7-17(34-36)11-26(25(39)40)13-27(28,29)14-30-24(26)38/h7-10,12,15-16,21-22H,2-6,11,13-14H2,1H3,(H,30,38)(H,33,37)(H,39,40). The van der Waals surface area contributed by atoms with Gasteiger partial charge in [0.25, 0.3) is 11.8 Å². The fraction of sp³-hybridized carbons (Fsp3) is 0.556. The minimum absolute atomic E-state index is 0.167. The van der Waals surface area contributed by atoms with E-state index in [1.807, 2.05) is 12.2 Å². The number of aromatic nitrogens is 5. The normalized spacial score (nSPS) is 23.2. The van der Waals surface area contributed by atoms with Crippen LogP contribution in [0, 0.1) is 23.2 Å². The number of halogens is 2. The molecule has 3 fully saturated rings. The molecule has 2 unspecified atom stereocenters. The van der Waals surface area contributed by atoms with Crippen molar-refractivity contribution in [1.29, 1.82) is 0 Å². The molecule has 4 heterocycles. The summed E-state index contributed by atoms with van der Waals surface area (Å²) >= 11 is 0. The fourth-order valence-electron chi connectivity index (χ4n) is 6.10. The molecule has 2 saturated carbocycles. The zero-order valence-electron chi connectivity index (χ0n) is 22.0. The molecule has 6 rings (SSSR count). The molecule has 2 amide bonds. The van der Waals surface area contributed by atoms with Gasteiger partial charge in [0, 0.05) is 25.6 Å². The highest BCUT2D eigenvalue weighted by Gasteiger charge is 2.57. The molecule has 0 radical (unpaired) electrons. The summed E-state index contributed by atoms with van der Waals surface area (Å²) in [6.07, 6.45) is 6.07. The molecule has 0 spiro atoms. The summed E-state index contributed by atoms with van der Waals surface area (Å²) in [6.45, 7) is 1.57. The van der Waals surface area contributed by atoms with E-state index in [1.54, 1.807) is 29.2 Å². The van der Waals surface area contributed by atoms with Gasteiger partial charge in [-0.15, -0.1) is 0 Å². The molecule has 3 aromatic heterocycles. The number of fused-ring (bicyclic) bond motifs is 1. The summed E-state index contributed by atoms with van der Waals surface area (Å²) in [5.74, 6) is -4.97. The SMILES string of the molecule is CCn1nccc1C(=O)NC(c1cn2nc(CC3(C(=O)O)CC(F)(F)CNC3=O)ccc2n1)C(C1CC1)C1CC1. The van der Waals surface area contributed by atoms with Crippen molar-refractivity contribution in [2.45, 2.75) is 64.0 Å². The number of nitrogens with zero attached hydrogens (tertiary/aromatic N) is 5. The maximum absolute atomic E-state index is 14.2. The van der Waals surface area contributed by atoms with E-state index < -0.39 is 42.6 Å². The predicted octanol–water partition coefficient (Wildman–Crippen LogP) is 2.62. The first kappa shape index (κ1) is 26.3. The Morgan fingerprint density at radius 2 is 1.93 bits per heavy atom. The molecule has 1 saturated heterocycles. The quantitative estimate of drug-likeness (QED) is 0.326. The number of carbonyl (C=O) groups is 3. The van der Waals surface area contributed by atoms with Crippen molar-refractivity contribution >= 4 is 23.4 Å². The summed E-state index contributed by atoms with van der Waals surface area (Å²) in [5, 5.41) is 23.8. The molecule has 212 valence electrons. The number of piperidine rings is 1. The number of nitrogens with one attached hydrogen (secondary N) is 2. The fourth-order valence-corrected chi connectivity index (χ4v) is 6.10. The van der Waals surface area contributed by atoms with Crippen LogP contribution in [0.2, 0.25) is 0 Å². The highest BCUT2D eigenvalue weighted by atomic mass is 19.3. The number of hydrogen-bond donors (Lipinski definition) is 3. The van der Waals surface area contributed by atoms with E-state index in [9.17, 15) is 28.3 Å². The molecule has 3 aromatic rings. The van der Waals surface area contributed by atoms with E-state index in [0.29, 0.717) is 35.4 Å². The Kier molecular flexibility index (Phi) is 6.34. The molecule has 3 aliphatic rings. The largest absolute Gasteiger partial charge is 0.480 e. The molecule has 2 atom stereocenters. The van der Waals surface area contributed by atoms with Crippen LogP contribution in [0.5, 0.6) is 0 Å². The monoisotopic (exact) mass is 555 g/mol.